The first kappa shape index (κ1) is 30.4. The minimum Gasteiger partial charge on any atom is -0.444 e. The van der Waals surface area contributed by atoms with Gasteiger partial charge in [-0.3, -0.25) is 4.79 Å². The third-order valence-corrected chi connectivity index (χ3v) is 6.05. The van der Waals surface area contributed by atoms with Gasteiger partial charge in [0.1, 0.15) is 17.2 Å². The quantitative estimate of drug-likeness (QED) is 0.490. The van der Waals surface area contributed by atoms with Crippen molar-refractivity contribution in [3.05, 3.63) is 11.9 Å². The predicted molar refractivity (Wildman–Crippen MR) is 140 cm³/mol. The van der Waals surface area contributed by atoms with Crippen molar-refractivity contribution in [1.82, 2.24) is 30.1 Å². The molecule has 2 heterocycles. The van der Waals surface area contributed by atoms with E-state index in [0.29, 0.717) is 39.1 Å². The zero-order chi connectivity index (χ0) is 27.8. The van der Waals surface area contributed by atoms with Gasteiger partial charge in [-0.15, -0.1) is 5.10 Å². The Morgan fingerprint density at radius 1 is 0.973 bits per heavy atom. The van der Waals surface area contributed by atoms with Crippen LogP contribution in [0, 0.1) is 5.92 Å². The Morgan fingerprint density at radius 2 is 1.57 bits per heavy atom. The molecule has 3 amide bonds. The lowest BCUT2D eigenvalue weighted by Crippen LogP contribution is -2.53. The van der Waals surface area contributed by atoms with Crippen LogP contribution in [0.4, 0.5) is 9.59 Å². The number of carbonyl (C=O) groups is 3. The maximum Gasteiger partial charge on any atom is 0.410 e. The number of aryl methyl sites for hydroxylation is 1. The van der Waals surface area contributed by atoms with Crippen molar-refractivity contribution in [2.45, 2.75) is 98.3 Å². The Morgan fingerprint density at radius 3 is 2.14 bits per heavy atom. The molecule has 210 valence electrons. The molecule has 0 saturated carbocycles. The van der Waals surface area contributed by atoms with Gasteiger partial charge in [0, 0.05) is 38.9 Å². The third-order valence-electron chi connectivity index (χ3n) is 6.05. The van der Waals surface area contributed by atoms with Gasteiger partial charge in [-0.2, -0.15) is 0 Å². The van der Waals surface area contributed by atoms with Crippen LogP contribution in [0.15, 0.2) is 6.20 Å². The molecule has 2 atom stereocenters. The van der Waals surface area contributed by atoms with E-state index in [0.717, 1.165) is 25.0 Å². The number of alkyl carbamates (subject to hydrolysis) is 1. The minimum atomic E-state index is -0.550. The Hall–Kier alpha value is -2.85. The summed E-state index contributed by atoms with van der Waals surface area (Å²) in [5.41, 5.74) is -0.253. The van der Waals surface area contributed by atoms with Crippen LogP contribution in [-0.4, -0.2) is 86.8 Å². The molecule has 1 fully saturated rings. The van der Waals surface area contributed by atoms with Crippen molar-refractivity contribution in [3.63, 3.8) is 0 Å². The van der Waals surface area contributed by atoms with E-state index >= 15 is 0 Å². The van der Waals surface area contributed by atoms with E-state index in [1.54, 1.807) is 14.5 Å². The fraction of sp³-hybridized carbons (Fsp3) is 0.808. The molecule has 1 aliphatic rings. The molecule has 1 aromatic heterocycles. The third kappa shape index (κ3) is 10.2. The van der Waals surface area contributed by atoms with E-state index in [1.807, 2.05) is 54.7 Å². The van der Waals surface area contributed by atoms with Gasteiger partial charge in [-0.25, -0.2) is 14.3 Å². The van der Waals surface area contributed by atoms with Crippen molar-refractivity contribution < 1.29 is 23.9 Å². The van der Waals surface area contributed by atoms with Crippen LogP contribution in [0.25, 0.3) is 0 Å². The number of aromatic nitrogens is 3. The SMILES string of the molecule is CCC(C)[C@@H](C(=O)N1CCN(C(=O)OC(C)(C)C)CC1)n1cc(CCCCNC(=O)OC(C)(C)C)nn1. The number of amides is 3. The second-order valence-electron chi connectivity index (χ2n) is 11.7. The standard InChI is InChI=1S/C26H46N6O5/c1-9-19(2)21(22(33)30-14-16-31(17-15-30)24(35)37-26(6,7)8)32-18-20(28-29-32)12-10-11-13-27-23(34)36-25(3,4)5/h18-19,21H,9-17H2,1-8H3,(H,27,34)/t19?,21-/m0/s1. The first-order chi connectivity index (χ1) is 17.2. The summed E-state index contributed by atoms with van der Waals surface area (Å²) in [5, 5.41) is 11.3. The van der Waals surface area contributed by atoms with Crippen molar-refractivity contribution in [1.29, 1.82) is 0 Å². The number of ether oxygens (including phenoxy) is 2. The highest BCUT2D eigenvalue weighted by atomic mass is 16.6. The fourth-order valence-electron chi connectivity index (χ4n) is 3.96. The number of rotatable bonds is 9. The Bertz CT molecular complexity index is 896. The molecule has 1 aromatic rings. The molecule has 11 heteroatoms. The van der Waals surface area contributed by atoms with Crippen LogP contribution in [0.2, 0.25) is 0 Å². The van der Waals surface area contributed by atoms with Gasteiger partial charge in [0.25, 0.3) is 0 Å². The van der Waals surface area contributed by atoms with Gasteiger partial charge in [0.05, 0.1) is 5.69 Å². The molecular weight excluding hydrogens is 476 g/mol. The summed E-state index contributed by atoms with van der Waals surface area (Å²) >= 11 is 0. The Labute approximate surface area is 221 Å². The number of nitrogens with one attached hydrogen (secondary N) is 1. The van der Waals surface area contributed by atoms with Crippen LogP contribution in [-0.2, 0) is 20.7 Å². The molecule has 1 N–H and O–H groups in total. The van der Waals surface area contributed by atoms with Crippen LogP contribution < -0.4 is 5.32 Å². The van der Waals surface area contributed by atoms with E-state index in [-0.39, 0.29) is 17.9 Å². The molecule has 1 aliphatic heterocycles. The average molecular weight is 523 g/mol. The summed E-state index contributed by atoms with van der Waals surface area (Å²) in [6.07, 6.45) is 4.21. The monoisotopic (exact) mass is 522 g/mol. The van der Waals surface area contributed by atoms with Crippen LogP contribution >= 0.6 is 0 Å². The largest absolute Gasteiger partial charge is 0.444 e. The molecule has 0 aliphatic carbocycles. The number of hydrogen-bond acceptors (Lipinski definition) is 7. The Kier molecular flexibility index (Phi) is 10.8. The van der Waals surface area contributed by atoms with Crippen molar-refractivity contribution >= 4 is 18.1 Å². The molecule has 0 bridgehead atoms. The number of piperazine rings is 1. The molecule has 2 rings (SSSR count). The summed E-state index contributed by atoms with van der Waals surface area (Å²) in [7, 11) is 0. The maximum atomic E-state index is 13.5. The summed E-state index contributed by atoms with van der Waals surface area (Å²) in [6, 6.07) is -0.451. The van der Waals surface area contributed by atoms with Crippen molar-refractivity contribution in [2.75, 3.05) is 32.7 Å². The summed E-state index contributed by atoms with van der Waals surface area (Å²) < 4.78 is 12.4. The lowest BCUT2D eigenvalue weighted by Gasteiger charge is -2.37. The van der Waals surface area contributed by atoms with Gasteiger partial charge in [-0.05, 0) is 66.7 Å². The predicted octanol–water partition coefficient (Wildman–Crippen LogP) is 3.79. The highest BCUT2D eigenvalue weighted by Crippen LogP contribution is 2.24. The van der Waals surface area contributed by atoms with E-state index in [4.69, 9.17) is 9.47 Å². The van der Waals surface area contributed by atoms with Crippen molar-refractivity contribution in [2.24, 2.45) is 5.92 Å². The average Bonchev–Trinajstić information content (AvgIpc) is 3.24. The number of hydrogen-bond donors (Lipinski definition) is 1. The molecule has 0 aromatic carbocycles. The first-order valence-electron chi connectivity index (χ1n) is 13.3. The van der Waals surface area contributed by atoms with Gasteiger partial charge >= 0.3 is 12.2 Å². The topological polar surface area (TPSA) is 119 Å². The van der Waals surface area contributed by atoms with Crippen LogP contribution in [0.5, 0.6) is 0 Å². The summed E-state index contributed by atoms with van der Waals surface area (Å²) in [6.45, 7) is 17.4. The molecule has 0 radical (unpaired) electrons. The zero-order valence-corrected chi connectivity index (χ0v) is 23.9. The summed E-state index contributed by atoms with van der Waals surface area (Å²) in [4.78, 5) is 41.1. The van der Waals surface area contributed by atoms with Gasteiger partial charge in [0.2, 0.25) is 5.91 Å². The molecule has 37 heavy (non-hydrogen) atoms. The lowest BCUT2D eigenvalue weighted by molar-refractivity contribution is -0.138. The minimum absolute atomic E-state index is 0.00352. The number of unbranched alkanes of at least 4 members (excludes halogenated alkanes) is 1. The highest BCUT2D eigenvalue weighted by Gasteiger charge is 2.34. The second kappa shape index (κ2) is 13.1. The Balaban J connectivity index is 1.89. The molecular formula is C26H46N6O5. The lowest BCUT2D eigenvalue weighted by atomic mass is 9.97. The zero-order valence-electron chi connectivity index (χ0n) is 23.9. The maximum absolute atomic E-state index is 13.5. The fourth-order valence-corrected chi connectivity index (χ4v) is 3.96. The second-order valence-corrected chi connectivity index (χ2v) is 11.7. The van der Waals surface area contributed by atoms with E-state index in [2.05, 4.69) is 22.6 Å². The smallest absolute Gasteiger partial charge is 0.410 e. The normalized spacial score (nSPS) is 16.2. The summed E-state index contributed by atoms with van der Waals surface area (Å²) in [5.74, 6) is 0.0696. The van der Waals surface area contributed by atoms with Crippen LogP contribution in [0.1, 0.15) is 86.4 Å². The number of carbonyl (C=O) groups excluding carboxylic acids is 3. The van der Waals surface area contributed by atoms with E-state index in [1.165, 1.54) is 0 Å². The number of nitrogens with zero attached hydrogens (tertiary/aromatic N) is 5. The van der Waals surface area contributed by atoms with E-state index < -0.39 is 23.3 Å². The van der Waals surface area contributed by atoms with Crippen LogP contribution in [0.3, 0.4) is 0 Å². The van der Waals surface area contributed by atoms with Gasteiger partial charge in [0.15, 0.2) is 0 Å². The van der Waals surface area contributed by atoms with E-state index in [9.17, 15) is 14.4 Å². The first-order valence-corrected chi connectivity index (χ1v) is 13.3. The van der Waals surface area contributed by atoms with Crippen molar-refractivity contribution in [3.8, 4) is 0 Å². The highest BCUT2D eigenvalue weighted by molar-refractivity contribution is 5.81. The molecule has 0 spiro atoms. The molecule has 1 unspecified atom stereocenters. The van der Waals surface area contributed by atoms with Gasteiger partial charge < -0.3 is 24.6 Å². The van der Waals surface area contributed by atoms with Gasteiger partial charge in [-0.1, -0.05) is 25.5 Å². The molecule has 11 nitrogen and oxygen atoms in total. The molecule has 1 saturated heterocycles.